The van der Waals surface area contributed by atoms with Gasteiger partial charge in [-0.15, -0.1) is 0 Å². The molecule has 0 aliphatic rings. The van der Waals surface area contributed by atoms with Crippen LogP contribution in [0.2, 0.25) is 0 Å². The van der Waals surface area contributed by atoms with Gasteiger partial charge >= 0.3 is 57.4 Å². The number of carboxylic acid groups (broad SMARTS) is 1. The zero-order valence-electron chi connectivity index (χ0n) is 6.29. The van der Waals surface area contributed by atoms with E-state index < -0.39 is 17.9 Å². The molecule has 0 aromatic rings. The molecule has 0 saturated heterocycles. The number of nitrogens with zero attached hydrogens (tertiary/aromatic N) is 1. The Labute approximate surface area is 102 Å². The Morgan fingerprint density at radius 3 is 2.20 bits per heavy atom. The van der Waals surface area contributed by atoms with Crippen LogP contribution in [0.25, 0.3) is 0 Å². The van der Waals surface area contributed by atoms with Crippen LogP contribution in [0.3, 0.4) is 0 Å². The normalized spacial score (nSPS) is 13.6. The maximum atomic E-state index is 10.1. The molecule has 4 nitrogen and oxygen atoms in total. The van der Waals surface area contributed by atoms with Gasteiger partial charge in [-0.2, -0.15) is 0 Å². The molecule has 1 unspecified atom stereocenters. The molecular formula is C5H8KNO3. The maximum Gasteiger partial charge on any atom is 1.00 e. The zero-order chi connectivity index (χ0) is 7.44. The first-order valence-corrected chi connectivity index (χ1v) is 2.48. The Bertz CT molecular complexity index is 142. The number of hydrogen-bond donors (Lipinski definition) is 1. The molecule has 0 bridgehead atoms. The van der Waals surface area contributed by atoms with Crippen molar-refractivity contribution in [2.75, 3.05) is 0 Å². The molecule has 0 amide bonds. The molecule has 0 aromatic heterocycles. The van der Waals surface area contributed by atoms with Gasteiger partial charge in [-0.25, -0.2) is 4.79 Å². The van der Waals surface area contributed by atoms with Gasteiger partial charge < -0.3 is 10.2 Å². The summed E-state index contributed by atoms with van der Waals surface area (Å²) in [5.41, 5.74) is 0. The third kappa shape index (κ3) is 6.69. The summed E-state index contributed by atoms with van der Waals surface area (Å²) < 4.78 is 0. The Morgan fingerprint density at radius 2 is 2.10 bits per heavy atom. The van der Waals surface area contributed by atoms with E-state index in [1.54, 1.807) is 0 Å². The third-order valence-corrected chi connectivity index (χ3v) is 0.733. The minimum atomic E-state index is -1.08. The van der Waals surface area contributed by atoms with Crippen LogP contribution in [0, 0.1) is 0 Å². The SMILES string of the molecule is CC([O-])=NC(C)C(=O)O.[K+]. The fourth-order valence-electron chi connectivity index (χ4n) is 0.328. The van der Waals surface area contributed by atoms with Gasteiger partial charge in [0.15, 0.2) is 0 Å². The first-order chi connectivity index (χ1) is 4.04. The second-order valence-corrected chi connectivity index (χ2v) is 1.66. The van der Waals surface area contributed by atoms with E-state index >= 15 is 0 Å². The van der Waals surface area contributed by atoms with Crippen molar-refractivity contribution in [1.82, 2.24) is 0 Å². The predicted octanol–water partition coefficient (Wildman–Crippen LogP) is -3.76. The quantitative estimate of drug-likeness (QED) is 0.262. The second kappa shape index (κ2) is 6.30. The van der Waals surface area contributed by atoms with E-state index in [9.17, 15) is 9.90 Å². The molecule has 1 atom stereocenters. The monoisotopic (exact) mass is 169 g/mol. The predicted molar refractivity (Wildman–Crippen MR) is 30.2 cm³/mol. The molecule has 52 valence electrons. The van der Waals surface area contributed by atoms with E-state index in [2.05, 4.69) is 4.99 Å². The van der Waals surface area contributed by atoms with Crippen LogP contribution in [0.4, 0.5) is 0 Å². The molecule has 0 aromatic carbocycles. The average molecular weight is 169 g/mol. The van der Waals surface area contributed by atoms with E-state index in [1.807, 2.05) is 0 Å². The van der Waals surface area contributed by atoms with Crippen LogP contribution in [0.1, 0.15) is 13.8 Å². The molecule has 0 fully saturated rings. The molecule has 0 heterocycles. The molecule has 10 heavy (non-hydrogen) atoms. The zero-order valence-corrected chi connectivity index (χ0v) is 9.41. The third-order valence-electron chi connectivity index (χ3n) is 0.733. The molecule has 0 saturated carbocycles. The van der Waals surface area contributed by atoms with Crippen molar-refractivity contribution in [2.45, 2.75) is 19.9 Å². The first kappa shape index (κ1) is 13.2. The number of aliphatic imine (C=N–C) groups is 1. The van der Waals surface area contributed by atoms with Gasteiger partial charge in [0.25, 0.3) is 0 Å². The van der Waals surface area contributed by atoms with Crippen LogP contribution in [0.5, 0.6) is 0 Å². The summed E-state index contributed by atoms with van der Waals surface area (Å²) in [5.74, 6) is -1.53. The summed E-state index contributed by atoms with van der Waals surface area (Å²) in [4.78, 5) is 13.2. The molecule has 0 aliphatic heterocycles. The van der Waals surface area contributed by atoms with Crippen LogP contribution >= 0.6 is 0 Å². The van der Waals surface area contributed by atoms with Crippen molar-refractivity contribution in [3.8, 4) is 0 Å². The summed E-state index contributed by atoms with van der Waals surface area (Å²) in [6, 6.07) is -0.914. The standard InChI is InChI=1S/C5H9NO3.K/c1-3(5(8)9)6-4(2)7;/h3H,1-2H3,(H,6,7)(H,8,9);/q;+1/p-1. The summed E-state index contributed by atoms with van der Waals surface area (Å²) in [6.07, 6.45) is 0. The van der Waals surface area contributed by atoms with E-state index in [1.165, 1.54) is 13.8 Å². The van der Waals surface area contributed by atoms with Crippen LogP contribution in [0.15, 0.2) is 4.99 Å². The number of aliphatic carboxylic acids is 1. The summed E-state index contributed by atoms with van der Waals surface area (Å²) >= 11 is 0. The summed E-state index contributed by atoms with van der Waals surface area (Å²) in [5, 5.41) is 18.3. The summed E-state index contributed by atoms with van der Waals surface area (Å²) in [7, 11) is 0. The fraction of sp³-hybridized carbons (Fsp3) is 0.600. The van der Waals surface area contributed by atoms with E-state index in [0.717, 1.165) is 0 Å². The minimum Gasteiger partial charge on any atom is -0.862 e. The molecule has 5 heteroatoms. The molecule has 0 radical (unpaired) electrons. The Morgan fingerprint density at radius 1 is 1.70 bits per heavy atom. The van der Waals surface area contributed by atoms with Gasteiger partial charge in [-0.3, -0.25) is 4.99 Å². The maximum absolute atomic E-state index is 10.1. The van der Waals surface area contributed by atoms with Crippen molar-refractivity contribution in [1.29, 1.82) is 0 Å². The van der Waals surface area contributed by atoms with E-state index in [-0.39, 0.29) is 51.4 Å². The van der Waals surface area contributed by atoms with Crippen molar-refractivity contribution in [2.24, 2.45) is 4.99 Å². The Hall–Kier alpha value is 0.576. The van der Waals surface area contributed by atoms with Crippen LogP contribution in [-0.2, 0) is 4.79 Å². The van der Waals surface area contributed by atoms with Gasteiger partial charge in [0.2, 0.25) is 0 Å². The number of carboxylic acids is 1. The van der Waals surface area contributed by atoms with Crippen molar-refractivity contribution in [3.63, 3.8) is 0 Å². The van der Waals surface area contributed by atoms with Gasteiger partial charge in [-0.1, -0.05) is 0 Å². The van der Waals surface area contributed by atoms with E-state index in [0.29, 0.717) is 0 Å². The van der Waals surface area contributed by atoms with Crippen molar-refractivity contribution >= 4 is 11.9 Å². The first-order valence-electron chi connectivity index (χ1n) is 2.48. The Kier molecular flexibility index (Phi) is 8.30. The van der Waals surface area contributed by atoms with Crippen molar-refractivity contribution < 1.29 is 66.4 Å². The smallest absolute Gasteiger partial charge is 0.862 e. The topological polar surface area (TPSA) is 72.7 Å². The van der Waals surface area contributed by atoms with Crippen LogP contribution in [-0.4, -0.2) is 23.0 Å². The number of rotatable bonds is 2. The van der Waals surface area contributed by atoms with Crippen molar-refractivity contribution in [3.05, 3.63) is 0 Å². The Balaban J connectivity index is 0. The molecule has 1 N–H and O–H groups in total. The van der Waals surface area contributed by atoms with Crippen LogP contribution < -0.4 is 56.5 Å². The minimum absolute atomic E-state index is 0. The molecule has 0 aliphatic carbocycles. The molecular weight excluding hydrogens is 161 g/mol. The summed E-state index contributed by atoms with van der Waals surface area (Å²) in [6.45, 7) is 2.57. The molecule has 0 spiro atoms. The van der Waals surface area contributed by atoms with E-state index in [4.69, 9.17) is 5.11 Å². The second-order valence-electron chi connectivity index (χ2n) is 1.66. The average Bonchev–Trinajstić information content (AvgIpc) is 1.63. The fourth-order valence-corrected chi connectivity index (χ4v) is 0.328. The van der Waals surface area contributed by atoms with Gasteiger partial charge in [0.05, 0.1) is 0 Å². The van der Waals surface area contributed by atoms with Gasteiger partial charge in [0, 0.05) is 0 Å². The van der Waals surface area contributed by atoms with Gasteiger partial charge in [-0.05, 0) is 19.7 Å². The van der Waals surface area contributed by atoms with Gasteiger partial charge in [0.1, 0.15) is 6.04 Å². The number of carbonyl (C=O) groups is 1. The largest absolute Gasteiger partial charge is 1.00 e. The molecule has 0 rings (SSSR count). The number of hydrogen-bond acceptors (Lipinski definition) is 3.